The Balaban J connectivity index is 3.59. The van der Waals surface area contributed by atoms with Crippen LogP contribution in [0.2, 0.25) is 0 Å². The van der Waals surface area contributed by atoms with Gasteiger partial charge in [-0.3, -0.25) is 0 Å². The lowest BCUT2D eigenvalue weighted by molar-refractivity contribution is -0.894. The molecule has 31 heavy (non-hydrogen) atoms. The maximum Gasteiger partial charge on any atom is 0.102 e. The normalized spacial score (nSPS) is 12.6. The molecule has 0 spiro atoms. The molecule has 188 valence electrons. The highest BCUT2D eigenvalue weighted by molar-refractivity contribution is 4.48. The zero-order chi connectivity index (χ0) is 23.3. The third-order valence-corrected chi connectivity index (χ3v) is 6.92. The molecule has 0 aromatic carbocycles. The van der Waals surface area contributed by atoms with E-state index in [9.17, 15) is 0 Å². The van der Waals surface area contributed by atoms with Crippen LogP contribution in [0.1, 0.15) is 117 Å². The minimum Gasteiger partial charge on any atom is -0.370 e. The molecular weight excluding hydrogens is 380 g/mol. The first-order valence-electron chi connectivity index (χ1n) is 14.0. The largest absolute Gasteiger partial charge is 0.370 e. The van der Waals surface area contributed by atoms with E-state index in [2.05, 4.69) is 42.0 Å². The van der Waals surface area contributed by atoms with Crippen LogP contribution in [0.25, 0.3) is 0 Å². The van der Waals surface area contributed by atoms with Gasteiger partial charge in [0, 0.05) is 0 Å². The van der Waals surface area contributed by atoms with Gasteiger partial charge in [0.15, 0.2) is 0 Å². The van der Waals surface area contributed by atoms with Crippen LogP contribution in [0.4, 0.5) is 0 Å². The highest BCUT2D eigenvalue weighted by Gasteiger charge is 2.16. The van der Waals surface area contributed by atoms with Crippen molar-refractivity contribution in [2.45, 2.75) is 117 Å². The van der Waals surface area contributed by atoms with Crippen molar-refractivity contribution in [2.24, 2.45) is 0 Å². The van der Waals surface area contributed by atoms with E-state index in [-0.39, 0.29) is 0 Å². The summed E-state index contributed by atoms with van der Waals surface area (Å²) in [6.45, 7) is 11.3. The third kappa shape index (κ3) is 22.9. The van der Waals surface area contributed by atoms with Crippen LogP contribution in [0.15, 0.2) is 0 Å². The lowest BCUT2D eigenvalue weighted by Gasteiger charge is -2.31. The number of ether oxygens (including phenoxy) is 1. The Morgan fingerprint density at radius 1 is 0.387 bits per heavy atom. The van der Waals surface area contributed by atoms with Crippen LogP contribution in [-0.4, -0.2) is 76.5 Å². The van der Waals surface area contributed by atoms with Crippen molar-refractivity contribution in [1.82, 2.24) is 0 Å². The number of quaternary nitrogens is 2. The molecule has 0 aliphatic carbocycles. The van der Waals surface area contributed by atoms with Gasteiger partial charge in [-0.25, -0.2) is 0 Å². The summed E-state index contributed by atoms with van der Waals surface area (Å²) in [5.74, 6) is 0. The van der Waals surface area contributed by atoms with Crippen molar-refractivity contribution in [2.75, 3.05) is 67.6 Å². The molecule has 0 saturated carbocycles. The fraction of sp³-hybridized carbons (Fsp3) is 1.00. The monoisotopic (exact) mass is 442 g/mol. The van der Waals surface area contributed by atoms with Gasteiger partial charge in [-0.05, 0) is 25.7 Å². The first kappa shape index (κ1) is 30.9. The maximum atomic E-state index is 6.04. The molecule has 0 aromatic heterocycles. The first-order valence-corrected chi connectivity index (χ1v) is 14.0. The third-order valence-electron chi connectivity index (χ3n) is 6.92. The van der Waals surface area contributed by atoms with Crippen LogP contribution in [0.5, 0.6) is 0 Å². The number of rotatable bonds is 24. The molecule has 0 aliphatic rings. The number of likely N-dealkylation sites (N-methyl/N-ethyl adjacent to an activating group) is 2. The van der Waals surface area contributed by atoms with Gasteiger partial charge < -0.3 is 13.7 Å². The summed E-state index contributed by atoms with van der Waals surface area (Å²) in [6.07, 6.45) is 22.5. The molecule has 0 bridgehead atoms. The van der Waals surface area contributed by atoms with Gasteiger partial charge in [0.05, 0.1) is 54.5 Å². The number of hydrogen-bond donors (Lipinski definition) is 0. The van der Waals surface area contributed by atoms with E-state index in [1.54, 1.807) is 0 Å². The topological polar surface area (TPSA) is 9.23 Å². The Hall–Kier alpha value is -0.120. The molecule has 0 N–H and O–H groups in total. The Labute approximate surface area is 198 Å². The van der Waals surface area contributed by atoms with Crippen LogP contribution < -0.4 is 0 Å². The molecule has 3 nitrogen and oxygen atoms in total. The molecule has 0 fully saturated rings. The minimum absolute atomic E-state index is 0.905. The van der Waals surface area contributed by atoms with E-state index in [0.29, 0.717) is 0 Å². The maximum absolute atomic E-state index is 6.04. The summed E-state index contributed by atoms with van der Waals surface area (Å²) in [5, 5.41) is 0. The Morgan fingerprint density at radius 2 is 0.677 bits per heavy atom. The van der Waals surface area contributed by atoms with Gasteiger partial charge in [-0.1, -0.05) is 90.9 Å². The molecule has 0 aromatic rings. The molecule has 3 heteroatoms. The highest BCUT2D eigenvalue weighted by atomic mass is 16.5. The van der Waals surface area contributed by atoms with E-state index in [0.717, 1.165) is 35.3 Å². The molecule has 0 radical (unpaired) electrons. The predicted molar refractivity (Wildman–Crippen MR) is 140 cm³/mol. The average Bonchev–Trinajstić information content (AvgIpc) is 2.71. The Kier molecular flexibility index (Phi) is 20.4. The van der Waals surface area contributed by atoms with E-state index < -0.39 is 0 Å². The summed E-state index contributed by atoms with van der Waals surface area (Å²) in [5.41, 5.74) is 0. The average molecular weight is 443 g/mol. The summed E-state index contributed by atoms with van der Waals surface area (Å²) in [4.78, 5) is 0. The number of nitrogens with zero attached hydrogens (tertiary/aromatic N) is 2. The van der Waals surface area contributed by atoms with E-state index in [4.69, 9.17) is 4.74 Å². The van der Waals surface area contributed by atoms with Crippen LogP contribution in [-0.2, 0) is 4.74 Å². The Morgan fingerprint density at radius 3 is 1.00 bits per heavy atom. The van der Waals surface area contributed by atoms with Crippen molar-refractivity contribution in [3.63, 3.8) is 0 Å². The van der Waals surface area contributed by atoms with Gasteiger partial charge in [0.1, 0.15) is 13.1 Å². The van der Waals surface area contributed by atoms with Crippen LogP contribution >= 0.6 is 0 Å². The predicted octanol–water partition coefficient (Wildman–Crippen LogP) is 7.44. The summed E-state index contributed by atoms with van der Waals surface area (Å²) < 4.78 is 8.25. The van der Waals surface area contributed by atoms with Crippen LogP contribution in [0.3, 0.4) is 0 Å². The molecule has 0 unspecified atom stereocenters. The van der Waals surface area contributed by atoms with Gasteiger partial charge in [0.25, 0.3) is 0 Å². The van der Waals surface area contributed by atoms with Crippen molar-refractivity contribution in [3.8, 4) is 0 Å². The zero-order valence-corrected chi connectivity index (χ0v) is 22.9. The number of hydrogen-bond acceptors (Lipinski definition) is 1. The fourth-order valence-corrected chi connectivity index (χ4v) is 4.30. The van der Waals surface area contributed by atoms with E-state index in [1.165, 1.54) is 116 Å². The number of unbranched alkanes of at least 4 members (excludes halogenated alkanes) is 14. The molecule has 0 saturated heterocycles. The van der Waals surface area contributed by atoms with E-state index in [1.807, 2.05) is 0 Å². The highest BCUT2D eigenvalue weighted by Crippen LogP contribution is 2.11. The van der Waals surface area contributed by atoms with E-state index >= 15 is 0 Å². The quantitative estimate of drug-likeness (QED) is 0.111. The molecular formula is C28H62N2O+2. The lowest BCUT2D eigenvalue weighted by atomic mass is 10.1. The standard InChI is InChI=1S/C28H62N2O/c1-7-9-11-13-15-17-19-21-23-29(3,4)25-27-31-28-26-30(5,6)24-22-20-18-16-14-12-10-8-2/h7-28H2,1-6H3/q+2. The summed E-state index contributed by atoms with van der Waals surface area (Å²) in [7, 11) is 9.47. The molecule has 0 amide bonds. The van der Waals surface area contributed by atoms with Crippen molar-refractivity contribution < 1.29 is 13.7 Å². The van der Waals surface area contributed by atoms with Crippen molar-refractivity contribution >= 4 is 0 Å². The second kappa shape index (κ2) is 20.5. The lowest BCUT2D eigenvalue weighted by Crippen LogP contribution is -2.45. The smallest absolute Gasteiger partial charge is 0.102 e. The SMILES string of the molecule is CCCCCCCCCC[N+](C)(C)CCOCC[N+](C)(C)CCCCCCCCCC. The second-order valence-corrected chi connectivity index (χ2v) is 11.3. The van der Waals surface area contributed by atoms with Crippen molar-refractivity contribution in [1.29, 1.82) is 0 Å². The van der Waals surface area contributed by atoms with Gasteiger partial charge >= 0.3 is 0 Å². The van der Waals surface area contributed by atoms with Crippen LogP contribution in [0, 0.1) is 0 Å². The van der Waals surface area contributed by atoms with Crippen molar-refractivity contribution in [3.05, 3.63) is 0 Å². The molecule has 0 atom stereocenters. The van der Waals surface area contributed by atoms with Gasteiger partial charge in [0.2, 0.25) is 0 Å². The molecule has 0 aliphatic heterocycles. The first-order chi connectivity index (χ1) is 14.8. The van der Waals surface area contributed by atoms with Gasteiger partial charge in [-0.15, -0.1) is 0 Å². The van der Waals surface area contributed by atoms with Gasteiger partial charge in [-0.2, -0.15) is 0 Å². The molecule has 0 rings (SSSR count). The Bertz CT molecular complexity index is 334. The molecule has 0 heterocycles. The second-order valence-electron chi connectivity index (χ2n) is 11.3. The minimum atomic E-state index is 0.905. The summed E-state index contributed by atoms with van der Waals surface area (Å²) >= 11 is 0. The summed E-state index contributed by atoms with van der Waals surface area (Å²) in [6, 6.07) is 0. The fourth-order valence-electron chi connectivity index (χ4n) is 4.30. The zero-order valence-electron chi connectivity index (χ0n) is 22.9.